The molecule has 5 heteroatoms. The highest BCUT2D eigenvalue weighted by molar-refractivity contribution is 7.09. The van der Waals surface area contributed by atoms with Crippen molar-refractivity contribution in [2.24, 2.45) is 5.92 Å². The largest absolute Gasteiger partial charge is 0.396 e. The maximum absolute atomic E-state index is 9.28. The van der Waals surface area contributed by atoms with Crippen LogP contribution >= 0.6 is 11.3 Å². The van der Waals surface area contributed by atoms with Crippen LogP contribution in [0.5, 0.6) is 0 Å². The highest BCUT2D eigenvalue weighted by Gasteiger charge is 2.20. The van der Waals surface area contributed by atoms with Crippen molar-refractivity contribution in [3.05, 3.63) is 40.3 Å². The molecule has 2 N–H and O–H groups in total. The van der Waals surface area contributed by atoms with Gasteiger partial charge in [-0.05, 0) is 37.8 Å². The maximum Gasteiger partial charge on any atom is 0.0798 e. The first-order chi connectivity index (χ1) is 10.8. The smallest absolute Gasteiger partial charge is 0.0798 e. The molecule has 0 spiro atoms. The van der Waals surface area contributed by atoms with Crippen molar-refractivity contribution < 1.29 is 5.11 Å². The van der Waals surface area contributed by atoms with Crippen LogP contribution in [-0.4, -0.2) is 29.8 Å². The zero-order valence-corrected chi connectivity index (χ0v) is 13.8. The number of aromatic nitrogens is 1. The molecule has 118 valence electrons. The van der Waals surface area contributed by atoms with Crippen LogP contribution in [0.3, 0.4) is 0 Å². The van der Waals surface area contributed by atoms with Gasteiger partial charge in [0.25, 0.3) is 0 Å². The number of piperidine rings is 1. The second-order valence-electron chi connectivity index (χ2n) is 5.84. The van der Waals surface area contributed by atoms with Crippen LogP contribution in [0, 0.1) is 12.8 Å². The zero-order chi connectivity index (χ0) is 15.4. The summed E-state index contributed by atoms with van der Waals surface area (Å²) in [5, 5.41) is 12.8. The van der Waals surface area contributed by atoms with E-state index in [1.807, 2.05) is 5.51 Å². The fourth-order valence-corrected chi connectivity index (χ4v) is 3.64. The summed E-state index contributed by atoms with van der Waals surface area (Å²) < 4.78 is 0. The number of para-hydroxylation sites is 2. The molecule has 0 radical (unpaired) electrons. The van der Waals surface area contributed by atoms with Gasteiger partial charge < -0.3 is 15.3 Å². The molecule has 0 saturated carbocycles. The quantitative estimate of drug-likeness (QED) is 0.888. The normalized spacial score (nSPS) is 16.0. The van der Waals surface area contributed by atoms with Crippen molar-refractivity contribution >= 4 is 22.7 Å². The van der Waals surface area contributed by atoms with Gasteiger partial charge in [-0.2, -0.15) is 0 Å². The van der Waals surface area contributed by atoms with Gasteiger partial charge in [-0.15, -0.1) is 11.3 Å². The third-order valence-electron chi connectivity index (χ3n) is 4.40. The average Bonchev–Trinajstić information content (AvgIpc) is 2.98. The monoisotopic (exact) mass is 317 g/mol. The molecule has 1 saturated heterocycles. The van der Waals surface area contributed by atoms with Gasteiger partial charge in [-0.1, -0.05) is 12.1 Å². The number of anilines is 2. The molecular weight excluding hydrogens is 294 g/mol. The van der Waals surface area contributed by atoms with E-state index in [2.05, 4.69) is 46.4 Å². The van der Waals surface area contributed by atoms with Gasteiger partial charge in [0.05, 0.1) is 29.1 Å². The van der Waals surface area contributed by atoms with Gasteiger partial charge >= 0.3 is 0 Å². The van der Waals surface area contributed by atoms with E-state index in [1.165, 1.54) is 16.3 Å². The Morgan fingerprint density at radius 3 is 2.77 bits per heavy atom. The molecule has 3 rings (SSSR count). The minimum Gasteiger partial charge on any atom is -0.396 e. The summed E-state index contributed by atoms with van der Waals surface area (Å²) in [6.07, 6.45) is 2.14. The fraction of sp³-hybridized carbons (Fsp3) is 0.471. The summed E-state index contributed by atoms with van der Waals surface area (Å²) in [6.45, 7) is 5.23. The van der Waals surface area contributed by atoms with Crippen molar-refractivity contribution in [2.75, 3.05) is 29.9 Å². The first-order valence-electron chi connectivity index (χ1n) is 7.85. The molecule has 0 unspecified atom stereocenters. The molecule has 0 bridgehead atoms. The minimum absolute atomic E-state index is 0.318. The summed E-state index contributed by atoms with van der Waals surface area (Å²) in [5.74, 6) is 0.469. The van der Waals surface area contributed by atoms with Gasteiger partial charge in [-0.3, -0.25) is 0 Å². The Labute approximate surface area is 135 Å². The third-order valence-corrected chi connectivity index (χ3v) is 5.34. The van der Waals surface area contributed by atoms with Crippen molar-refractivity contribution in [3.63, 3.8) is 0 Å². The van der Waals surface area contributed by atoms with E-state index in [0.717, 1.165) is 38.2 Å². The third kappa shape index (κ3) is 3.42. The van der Waals surface area contributed by atoms with Crippen molar-refractivity contribution in [1.29, 1.82) is 0 Å². The second-order valence-corrected chi connectivity index (χ2v) is 6.78. The summed E-state index contributed by atoms with van der Waals surface area (Å²) in [6, 6.07) is 8.49. The topological polar surface area (TPSA) is 48.4 Å². The number of aliphatic hydroxyl groups is 1. The first-order valence-corrected chi connectivity index (χ1v) is 8.73. The van der Waals surface area contributed by atoms with Crippen LogP contribution in [0.1, 0.15) is 23.4 Å². The number of aliphatic hydroxyl groups excluding tert-OH is 1. The molecule has 0 amide bonds. The summed E-state index contributed by atoms with van der Waals surface area (Å²) in [7, 11) is 0. The summed E-state index contributed by atoms with van der Waals surface area (Å²) in [5.41, 5.74) is 5.45. The van der Waals surface area contributed by atoms with E-state index >= 15 is 0 Å². The van der Waals surface area contributed by atoms with E-state index in [4.69, 9.17) is 0 Å². The van der Waals surface area contributed by atoms with Crippen LogP contribution in [0.2, 0.25) is 0 Å². The molecule has 1 aromatic carbocycles. The van der Waals surface area contributed by atoms with Gasteiger partial charge in [0.2, 0.25) is 0 Å². The van der Waals surface area contributed by atoms with Crippen LogP contribution < -0.4 is 10.2 Å². The Morgan fingerprint density at radius 2 is 2.09 bits per heavy atom. The van der Waals surface area contributed by atoms with Gasteiger partial charge in [0.1, 0.15) is 0 Å². The van der Waals surface area contributed by atoms with Gasteiger partial charge in [0.15, 0.2) is 0 Å². The Balaban J connectivity index is 1.69. The van der Waals surface area contributed by atoms with E-state index < -0.39 is 0 Å². The van der Waals surface area contributed by atoms with Crippen LogP contribution in [-0.2, 0) is 6.54 Å². The van der Waals surface area contributed by atoms with Crippen LogP contribution in [0.25, 0.3) is 0 Å². The Morgan fingerprint density at radius 1 is 1.32 bits per heavy atom. The molecular formula is C17H23N3OS. The summed E-state index contributed by atoms with van der Waals surface area (Å²) in [4.78, 5) is 8.01. The Kier molecular flexibility index (Phi) is 4.95. The molecule has 0 aliphatic carbocycles. The number of benzene rings is 1. The average molecular weight is 317 g/mol. The highest BCUT2D eigenvalue weighted by Crippen LogP contribution is 2.30. The van der Waals surface area contributed by atoms with E-state index in [9.17, 15) is 5.11 Å². The number of thiazole rings is 1. The van der Waals surface area contributed by atoms with E-state index in [-0.39, 0.29) is 0 Å². The number of rotatable bonds is 5. The minimum atomic E-state index is 0.318. The number of hydrogen-bond acceptors (Lipinski definition) is 5. The fourth-order valence-electron chi connectivity index (χ4n) is 2.93. The standard InChI is InChI=1S/C17H23N3OS/c1-13-17(22-12-19-13)10-18-15-4-2-3-5-16(15)20-8-6-14(11-21)7-9-20/h2-5,12,14,18,21H,6-11H2,1H3. The summed E-state index contributed by atoms with van der Waals surface area (Å²) >= 11 is 1.70. The van der Waals surface area contributed by atoms with Gasteiger partial charge in [-0.25, -0.2) is 4.98 Å². The van der Waals surface area contributed by atoms with Crippen molar-refractivity contribution in [2.45, 2.75) is 26.3 Å². The van der Waals surface area contributed by atoms with Crippen LogP contribution in [0.15, 0.2) is 29.8 Å². The highest BCUT2D eigenvalue weighted by atomic mass is 32.1. The molecule has 0 atom stereocenters. The molecule has 1 aliphatic heterocycles. The lowest BCUT2D eigenvalue weighted by Gasteiger charge is -2.34. The Bertz CT molecular complexity index is 605. The second kappa shape index (κ2) is 7.11. The predicted molar refractivity (Wildman–Crippen MR) is 92.6 cm³/mol. The van der Waals surface area contributed by atoms with E-state index in [1.54, 1.807) is 11.3 Å². The molecule has 22 heavy (non-hydrogen) atoms. The molecule has 1 fully saturated rings. The number of hydrogen-bond donors (Lipinski definition) is 2. The van der Waals surface area contributed by atoms with Crippen molar-refractivity contribution in [1.82, 2.24) is 4.98 Å². The molecule has 2 heterocycles. The Hall–Kier alpha value is -1.59. The van der Waals surface area contributed by atoms with E-state index in [0.29, 0.717) is 12.5 Å². The van der Waals surface area contributed by atoms with Gasteiger partial charge in [0, 0.05) is 24.6 Å². The molecule has 1 aromatic heterocycles. The molecule has 1 aliphatic rings. The number of aryl methyl sites for hydroxylation is 1. The maximum atomic E-state index is 9.28. The van der Waals surface area contributed by atoms with Crippen molar-refractivity contribution in [3.8, 4) is 0 Å². The lowest BCUT2D eigenvalue weighted by atomic mass is 9.97. The number of nitrogens with one attached hydrogen (secondary N) is 1. The first kappa shape index (κ1) is 15.3. The number of nitrogens with zero attached hydrogens (tertiary/aromatic N) is 2. The van der Waals surface area contributed by atoms with Crippen LogP contribution in [0.4, 0.5) is 11.4 Å². The lowest BCUT2D eigenvalue weighted by Crippen LogP contribution is -2.35. The molecule has 4 nitrogen and oxygen atoms in total. The zero-order valence-electron chi connectivity index (χ0n) is 13.0. The molecule has 2 aromatic rings. The lowest BCUT2D eigenvalue weighted by molar-refractivity contribution is 0.203. The predicted octanol–water partition coefficient (Wildman–Crippen LogP) is 3.27. The SMILES string of the molecule is Cc1ncsc1CNc1ccccc1N1CCC(CO)CC1.